The molecule has 0 spiro atoms. The fourth-order valence-electron chi connectivity index (χ4n) is 5.73. The number of quaternary nitrogens is 1. The lowest BCUT2D eigenvalue weighted by Crippen LogP contribution is -2.40. The number of aliphatic carboxylic acids is 1. The lowest BCUT2D eigenvalue weighted by molar-refractivity contribution is -0.870. The summed E-state index contributed by atoms with van der Waals surface area (Å²) < 4.78 is 22.5. The Bertz CT molecular complexity index is 1320. The minimum absolute atomic E-state index is 0.180. The van der Waals surface area contributed by atoms with Crippen molar-refractivity contribution in [2.24, 2.45) is 0 Å². The summed E-state index contributed by atoms with van der Waals surface area (Å²) in [6.45, 7) is 4.61. The van der Waals surface area contributed by atoms with Gasteiger partial charge in [0.15, 0.2) is 6.10 Å². The molecule has 0 aromatic heterocycles. The Kier molecular flexibility index (Phi) is 40.2. The zero-order chi connectivity index (χ0) is 44.9. The number of carbonyl (C=O) groups excluding carboxylic acids is 2. The number of esters is 2. The Labute approximate surface area is 372 Å². The molecule has 0 heterocycles. The molecule has 1 N–H and O–H groups in total. The maximum absolute atomic E-state index is 12.7. The highest BCUT2D eigenvalue weighted by Crippen LogP contribution is 2.12. The third-order valence-corrected chi connectivity index (χ3v) is 9.36. The molecule has 2 atom stereocenters. The summed E-state index contributed by atoms with van der Waals surface area (Å²) in [5.41, 5.74) is 0. The minimum atomic E-state index is -1.51. The van der Waals surface area contributed by atoms with Gasteiger partial charge in [0.1, 0.15) is 13.2 Å². The van der Waals surface area contributed by atoms with Gasteiger partial charge in [0.2, 0.25) is 0 Å². The van der Waals surface area contributed by atoms with E-state index in [0.29, 0.717) is 17.4 Å². The maximum Gasteiger partial charge on any atom is 0.361 e. The first-order valence-electron chi connectivity index (χ1n) is 23.4. The molecule has 9 heteroatoms. The number of ether oxygens (including phenoxy) is 4. The summed E-state index contributed by atoms with van der Waals surface area (Å²) in [7, 11) is 5.93. The van der Waals surface area contributed by atoms with Crippen molar-refractivity contribution in [3.05, 3.63) is 97.2 Å². The number of allylic oxidation sites excluding steroid dienone is 16. The van der Waals surface area contributed by atoms with Gasteiger partial charge in [0.05, 0.1) is 34.4 Å². The number of carbonyl (C=O) groups is 3. The van der Waals surface area contributed by atoms with E-state index in [0.717, 1.165) is 122 Å². The molecule has 0 fully saturated rings. The van der Waals surface area contributed by atoms with Gasteiger partial charge in [-0.05, 0) is 77.0 Å². The van der Waals surface area contributed by atoms with Crippen LogP contribution >= 0.6 is 0 Å². The topological polar surface area (TPSA) is 108 Å². The summed E-state index contributed by atoms with van der Waals surface area (Å²) in [6.07, 6.45) is 53.8. The molecule has 9 nitrogen and oxygen atoms in total. The van der Waals surface area contributed by atoms with Gasteiger partial charge in [-0.3, -0.25) is 9.59 Å². The number of unbranched alkanes of at least 4 members (excludes halogenated alkanes) is 10. The first-order valence-corrected chi connectivity index (χ1v) is 23.4. The zero-order valence-electron chi connectivity index (χ0n) is 39.0. The number of carboxylic acids is 1. The number of likely N-dealkylation sites (N-methyl/N-ethyl adjacent to an activating group) is 1. The van der Waals surface area contributed by atoms with Crippen LogP contribution < -0.4 is 0 Å². The van der Waals surface area contributed by atoms with Gasteiger partial charge in [0, 0.05) is 12.8 Å². The monoisotopic (exact) mass is 853 g/mol. The molecule has 0 saturated heterocycles. The third-order valence-electron chi connectivity index (χ3n) is 9.36. The summed E-state index contributed by atoms with van der Waals surface area (Å²) >= 11 is 0. The van der Waals surface area contributed by atoms with E-state index >= 15 is 0 Å². The molecule has 0 aliphatic carbocycles. The van der Waals surface area contributed by atoms with Gasteiger partial charge in [-0.1, -0.05) is 162 Å². The molecule has 0 aromatic rings. The van der Waals surface area contributed by atoms with Crippen molar-refractivity contribution >= 4 is 17.9 Å². The SMILES string of the molecule is CC/C=C\C/C=C\C/C=C\C/C=C\C/C=C\C/C=C\C/C=C\C/C=C\CCCCCCCCC(=O)OC(COC(=O)CCCCCCC)COC(OCC[N+](C)(C)C)C(=O)O. The number of hydrogen-bond acceptors (Lipinski definition) is 7. The Balaban J connectivity index is 4.19. The van der Waals surface area contributed by atoms with E-state index in [1.807, 2.05) is 21.1 Å². The molecular formula is C52H86NO8+. The molecule has 346 valence electrons. The number of carboxylic acid groups (broad SMARTS) is 1. The first kappa shape index (κ1) is 57.2. The largest absolute Gasteiger partial charge is 0.477 e. The van der Waals surface area contributed by atoms with Crippen LogP contribution in [-0.2, 0) is 33.3 Å². The van der Waals surface area contributed by atoms with Crippen LogP contribution in [0.25, 0.3) is 0 Å². The minimum Gasteiger partial charge on any atom is -0.477 e. The molecule has 2 unspecified atom stereocenters. The Morgan fingerprint density at radius 3 is 1.39 bits per heavy atom. The van der Waals surface area contributed by atoms with Gasteiger partial charge in [-0.2, -0.15) is 0 Å². The fraction of sp³-hybridized carbons (Fsp3) is 0.635. The maximum atomic E-state index is 12.7. The highest BCUT2D eigenvalue weighted by atomic mass is 16.7. The Hall–Kier alpha value is -3.79. The van der Waals surface area contributed by atoms with E-state index in [9.17, 15) is 19.5 Å². The summed E-state index contributed by atoms with van der Waals surface area (Å²) in [5, 5.41) is 9.58. The number of hydrogen-bond donors (Lipinski definition) is 1. The van der Waals surface area contributed by atoms with Gasteiger partial charge in [-0.25, -0.2) is 4.79 Å². The van der Waals surface area contributed by atoms with Crippen molar-refractivity contribution in [3.8, 4) is 0 Å². The van der Waals surface area contributed by atoms with Gasteiger partial charge >= 0.3 is 17.9 Å². The summed E-state index contributed by atoms with van der Waals surface area (Å²) in [5.74, 6) is -2.06. The summed E-state index contributed by atoms with van der Waals surface area (Å²) in [6, 6.07) is 0. The average Bonchev–Trinajstić information content (AvgIpc) is 3.22. The Morgan fingerprint density at radius 2 is 0.934 bits per heavy atom. The second-order valence-electron chi connectivity index (χ2n) is 16.3. The molecule has 61 heavy (non-hydrogen) atoms. The quantitative estimate of drug-likeness (QED) is 0.0213. The fourth-order valence-corrected chi connectivity index (χ4v) is 5.73. The van der Waals surface area contributed by atoms with Crippen LogP contribution in [0.4, 0.5) is 0 Å². The van der Waals surface area contributed by atoms with Crippen LogP contribution in [0.15, 0.2) is 97.2 Å². The van der Waals surface area contributed by atoms with Crippen molar-refractivity contribution in [1.82, 2.24) is 0 Å². The predicted octanol–water partition coefficient (Wildman–Crippen LogP) is 12.7. The van der Waals surface area contributed by atoms with Crippen LogP contribution in [0.5, 0.6) is 0 Å². The Morgan fingerprint density at radius 1 is 0.508 bits per heavy atom. The average molecular weight is 853 g/mol. The summed E-state index contributed by atoms with van der Waals surface area (Å²) in [4.78, 5) is 36.8. The molecule has 0 aliphatic rings. The van der Waals surface area contributed by atoms with Gasteiger partial charge in [0.25, 0.3) is 6.29 Å². The number of rotatable bonds is 41. The molecular weight excluding hydrogens is 767 g/mol. The molecule has 0 aliphatic heterocycles. The van der Waals surface area contributed by atoms with Gasteiger partial charge in [-0.15, -0.1) is 0 Å². The zero-order valence-corrected chi connectivity index (χ0v) is 39.0. The standard InChI is InChI=1S/C52H85NO8/c1-6-8-10-12-13-14-15-16-17-18-19-20-21-22-23-24-25-26-27-28-29-30-31-32-33-34-35-36-37-39-41-43-50(55)61-48(46-59-49(54)42-40-38-11-9-7-2)47-60-52(51(56)57)58-45-44-53(3,4)5/h8,10,13-14,16-17,19-20,22-23,25-26,28-29,31-32,48,52H,6-7,9,11-12,15,18,21,24,27,30,33-47H2,1-5H3/p+1/b10-8-,14-13-,17-16-,20-19-,23-22-,26-25-,29-28-,32-31-. The molecule has 0 aromatic carbocycles. The molecule has 0 amide bonds. The molecule has 0 bridgehead atoms. The second-order valence-corrected chi connectivity index (χ2v) is 16.3. The van der Waals surface area contributed by atoms with E-state index in [2.05, 4.69) is 111 Å². The van der Waals surface area contributed by atoms with Crippen molar-refractivity contribution in [2.45, 2.75) is 167 Å². The highest BCUT2D eigenvalue weighted by Gasteiger charge is 2.25. The van der Waals surface area contributed by atoms with Crippen molar-refractivity contribution in [3.63, 3.8) is 0 Å². The first-order chi connectivity index (χ1) is 29.6. The third kappa shape index (κ3) is 44.1. The van der Waals surface area contributed by atoms with Crippen LogP contribution in [0.1, 0.15) is 155 Å². The van der Waals surface area contributed by atoms with E-state index in [1.54, 1.807) is 0 Å². The van der Waals surface area contributed by atoms with E-state index in [1.165, 1.54) is 0 Å². The highest BCUT2D eigenvalue weighted by molar-refractivity contribution is 5.71. The van der Waals surface area contributed by atoms with E-state index < -0.39 is 24.3 Å². The molecule has 0 radical (unpaired) electrons. The van der Waals surface area contributed by atoms with Crippen LogP contribution in [-0.4, -0.2) is 87.4 Å². The second kappa shape index (κ2) is 42.9. The van der Waals surface area contributed by atoms with Crippen molar-refractivity contribution in [1.29, 1.82) is 0 Å². The number of nitrogens with zero attached hydrogens (tertiary/aromatic N) is 1. The smallest absolute Gasteiger partial charge is 0.361 e. The lowest BCUT2D eigenvalue weighted by atomic mass is 10.1. The van der Waals surface area contributed by atoms with Crippen molar-refractivity contribution in [2.75, 3.05) is 47.5 Å². The van der Waals surface area contributed by atoms with Crippen LogP contribution in [0.3, 0.4) is 0 Å². The van der Waals surface area contributed by atoms with Gasteiger partial charge < -0.3 is 28.5 Å². The van der Waals surface area contributed by atoms with Crippen LogP contribution in [0, 0.1) is 0 Å². The van der Waals surface area contributed by atoms with Crippen molar-refractivity contribution < 1.29 is 42.9 Å². The molecule has 0 rings (SSSR count). The lowest BCUT2D eigenvalue weighted by Gasteiger charge is -2.25. The molecule has 0 saturated carbocycles. The predicted molar refractivity (Wildman–Crippen MR) is 253 cm³/mol. The van der Waals surface area contributed by atoms with Crippen LogP contribution in [0.2, 0.25) is 0 Å². The van der Waals surface area contributed by atoms with E-state index in [-0.39, 0.29) is 38.6 Å². The van der Waals surface area contributed by atoms with E-state index in [4.69, 9.17) is 18.9 Å². The normalized spacial score (nSPS) is 13.8.